The number of nitrogens with one attached hydrogen (secondary N) is 2. The Morgan fingerprint density at radius 3 is 2.23 bits per heavy atom. The van der Waals surface area contributed by atoms with E-state index in [4.69, 9.17) is 9.47 Å². The highest BCUT2D eigenvalue weighted by Gasteiger charge is 2.38. The van der Waals surface area contributed by atoms with Crippen molar-refractivity contribution in [2.45, 2.75) is 72.6 Å². The Bertz CT molecular complexity index is 1130. The quantitative estimate of drug-likeness (QED) is 0.378. The number of aliphatic hydroxyl groups is 1. The normalized spacial score (nSPS) is 13.6. The molecule has 0 aliphatic rings. The summed E-state index contributed by atoms with van der Waals surface area (Å²) in [6.07, 6.45) is -0.137. The number of carbonyl (C=O) groups excluding carboxylic acids is 3. The summed E-state index contributed by atoms with van der Waals surface area (Å²) in [6.45, 7) is 12.3. The van der Waals surface area contributed by atoms with Crippen LogP contribution in [0.25, 0.3) is 0 Å². The fraction of sp³-hybridized carbons (Fsp3) is 0.500. The maximum Gasteiger partial charge on any atom is 0.408 e. The number of carbonyl (C=O) groups is 3. The van der Waals surface area contributed by atoms with E-state index in [0.29, 0.717) is 23.4 Å². The van der Waals surface area contributed by atoms with E-state index >= 15 is 0 Å². The molecular formula is C30H43N3O6. The lowest BCUT2D eigenvalue weighted by Crippen LogP contribution is -2.55. The largest absolute Gasteiger partial charge is 0.497 e. The highest BCUT2D eigenvalue weighted by molar-refractivity contribution is 5.99. The maximum atomic E-state index is 14.1. The topological polar surface area (TPSA) is 117 Å². The average Bonchev–Trinajstić information content (AvgIpc) is 2.87. The molecule has 9 nitrogen and oxygen atoms in total. The second-order valence-electron chi connectivity index (χ2n) is 10.7. The molecule has 0 radical (unpaired) electrons. The van der Waals surface area contributed by atoms with Gasteiger partial charge in [0.2, 0.25) is 5.91 Å². The van der Waals surface area contributed by atoms with Crippen LogP contribution in [0.4, 0.5) is 10.5 Å². The fourth-order valence-electron chi connectivity index (χ4n) is 4.16. The molecule has 0 saturated heterocycles. The lowest BCUT2D eigenvalue weighted by molar-refractivity contribution is -0.142. The predicted octanol–water partition coefficient (Wildman–Crippen LogP) is 4.75. The first-order valence-corrected chi connectivity index (χ1v) is 13.2. The summed E-state index contributed by atoms with van der Waals surface area (Å²) in [4.78, 5) is 42.1. The number of amides is 3. The van der Waals surface area contributed by atoms with Crippen molar-refractivity contribution in [3.8, 4) is 5.75 Å². The zero-order valence-corrected chi connectivity index (χ0v) is 24.3. The van der Waals surface area contributed by atoms with Gasteiger partial charge in [0.1, 0.15) is 23.4 Å². The van der Waals surface area contributed by atoms with E-state index in [1.165, 1.54) is 4.90 Å². The van der Waals surface area contributed by atoms with Gasteiger partial charge in [-0.15, -0.1) is 0 Å². The average molecular weight is 542 g/mol. The standard InChI is InChI=1S/C30H43N3O6/c1-9-20(3)25(32-29(37)39-30(5,6)7)28(36)33(16-17-34)26(24-18-19(2)10-11-21(24)4)27(35)31-22-12-14-23(38-8)15-13-22/h10-15,18,20,25-26,34H,9,16-17H2,1-8H3,(H,31,35)(H,32,37). The molecule has 2 aromatic carbocycles. The molecule has 0 bridgehead atoms. The van der Waals surface area contributed by atoms with Crippen molar-refractivity contribution in [3.05, 3.63) is 59.2 Å². The molecule has 2 rings (SSSR count). The van der Waals surface area contributed by atoms with Gasteiger partial charge in [0.25, 0.3) is 5.91 Å². The van der Waals surface area contributed by atoms with Crippen LogP contribution in [0.5, 0.6) is 5.75 Å². The van der Waals surface area contributed by atoms with E-state index in [0.717, 1.165) is 11.1 Å². The molecule has 214 valence electrons. The molecule has 9 heteroatoms. The van der Waals surface area contributed by atoms with Crippen LogP contribution in [-0.2, 0) is 14.3 Å². The van der Waals surface area contributed by atoms with Gasteiger partial charge in [-0.3, -0.25) is 9.59 Å². The minimum atomic E-state index is -1.07. The fourth-order valence-corrected chi connectivity index (χ4v) is 4.16. The van der Waals surface area contributed by atoms with Crippen molar-refractivity contribution in [2.24, 2.45) is 5.92 Å². The van der Waals surface area contributed by atoms with Gasteiger partial charge in [0.05, 0.1) is 13.7 Å². The lowest BCUT2D eigenvalue weighted by Gasteiger charge is -2.36. The van der Waals surface area contributed by atoms with Gasteiger partial charge in [-0.1, -0.05) is 44.0 Å². The zero-order chi connectivity index (χ0) is 29.3. The number of aryl methyl sites for hydroxylation is 2. The summed E-state index contributed by atoms with van der Waals surface area (Å²) in [7, 11) is 1.56. The molecule has 2 aromatic rings. The Morgan fingerprint density at radius 2 is 1.69 bits per heavy atom. The summed E-state index contributed by atoms with van der Waals surface area (Å²) >= 11 is 0. The number of rotatable bonds is 11. The Hall–Kier alpha value is -3.59. The van der Waals surface area contributed by atoms with Gasteiger partial charge in [-0.2, -0.15) is 0 Å². The first-order valence-electron chi connectivity index (χ1n) is 13.2. The SMILES string of the molecule is CCC(C)C(NC(=O)OC(C)(C)C)C(=O)N(CCO)C(C(=O)Nc1ccc(OC)cc1)c1cc(C)ccc1C. The van der Waals surface area contributed by atoms with Crippen molar-refractivity contribution in [1.29, 1.82) is 0 Å². The Kier molecular flexibility index (Phi) is 11.3. The van der Waals surface area contributed by atoms with E-state index in [9.17, 15) is 19.5 Å². The summed E-state index contributed by atoms with van der Waals surface area (Å²) in [5, 5.41) is 15.6. The molecule has 0 fully saturated rings. The molecule has 3 N–H and O–H groups in total. The summed E-state index contributed by atoms with van der Waals surface area (Å²) in [6, 6.07) is 10.5. The van der Waals surface area contributed by atoms with E-state index in [2.05, 4.69) is 10.6 Å². The van der Waals surface area contributed by atoms with Gasteiger partial charge < -0.3 is 30.1 Å². The maximum absolute atomic E-state index is 14.1. The van der Waals surface area contributed by atoms with Crippen LogP contribution in [0, 0.1) is 19.8 Å². The third kappa shape index (κ3) is 8.99. The molecule has 0 saturated carbocycles. The second kappa shape index (κ2) is 14.0. The monoisotopic (exact) mass is 541 g/mol. The Labute approximate surface area is 231 Å². The van der Waals surface area contributed by atoms with Gasteiger partial charge in [0.15, 0.2) is 0 Å². The molecule has 3 unspecified atom stereocenters. The number of aliphatic hydroxyl groups excluding tert-OH is 1. The van der Waals surface area contributed by atoms with E-state index in [-0.39, 0.29) is 19.1 Å². The molecule has 0 aliphatic carbocycles. The van der Waals surface area contributed by atoms with Gasteiger partial charge >= 0.3 is 6.09 Å². The highest BCUT2D eigenvalue weighted by atomic mass is 16.6. The Balaban J connectivity index is 2.56. The lowest BCUT2D eigenvalue weighted by atomic mass is 9.93. The molecule has 3 atom stereocenters. The van der Waals surface area contributed by atoms with Crippen molar-refractivity contribution >= 4 is 23.6 Å². The molecule has 0 aromatic heterocycles. The number of alkyl carbamates (subject to hydrolysis) is 1. The molecule has 0 spiro atoms. The van der Waals surface area contributed by atoms with Crippen LogP contribution in [-0.4, -0.2) is 59.8 Å². The molecule has 0 heterocycles. The highest BCUT2D eigenvalue weighted by Crippen LogP contribution is 2.29. The number of nitrogens with zero attached hydrogens (tertiary/aromatic N) is 1. The summed E-state index contributed by atoms with van der Waals surface area (Å²) in [5.74, 6) is -0.563. The van der Waals surface area contributed by atoms with E-state index < -0.39 is 35.6 Å². The second-order valence-corrected chi connectivity index (χ2v) is 10.7. The van der Waals surface area contributed by atoms with Crippen LogP contribution in [0.3, 0.4) is 0 Å². The summed E-state index contributed by atoms with van der Waals surface area (Å²) < 4.78 is 10.6. The minimum absolute atomic E-state index is 0.115. The minimum Gasteiger partial charge on any atom is -0.497 e. The number of ether oxygens (including phenoxy) is 2. The first-order chi connectivity index (χ1) is 18.3. The molecule has 3 amide bonds. The number of benzene rings is 2. The first kappa shape index (κ1) is 31.6. The van der Waals surface area contributed by atoms with E-state index in [1.807, 2.05) is 45.9 Å². The van der Waals surface area contributed by atoms with Gasteiger partial charge in [-0.25, -0.2) is 4.79 Å². The Morgan fingerprint density at radius 1 is 1.05 bits per heavy atom. The van der Waals surface area contributed by atoms with Crippen LogP contribution in [0.1, 0.15) is 63.8 Å². The van der Waals surface area contributed by atoms with Crippen molar-refractivity contribution in [2.75, 3.05) is 25.6 Å². The van der Waals surface area contributed by atoms with Crippen LogP contribution in [0.15, 0.2) is 42.5 Å². The number of anilines is 1. The van der Waals surface area contributed by atoms with Gasteiger partial charge in [-0.05, 0) is 75.9 Å². The zero-order valence-electron chi connectivity index (χ0n) is 24.3. The molecule has 0 aliphatic heterocycles. The van der Waals surface area contributed by atoms with Crippen molar-refractivity contribution in [3.63, 3.8) is 0 Å². The smallest absolute Gasteiger partial charge is 0.408 e. The van der Waals surface area contributed by atoms with Gasteiger partial charge in [0, 0.05) is 12.2 Å². The molecular weight excluding hydrogens is 498 g/mol. The number of hydrogen-bond donors (Lipinski definition) is 3. The van der Waals surface area contributed by atoms with E-state index in [1.54, 1.807) is 52.1 Å². The third-order valence-electron chi connectivity index (χ3n) is 6.42. The third-order valence-corrected chi connectivity index (χ3v) is 6.42. The van der Waals surface area contributed by atoms with Crippen molar-refractivity contribution in [1.82, 2.24) is 10.2 Å². The van der Waals surface area contributed by atoms with Crippen LogP contribution < -0.4 is 15.4 Å². The van der Waals surface area contributed by atoms with Crippen LogP contribution >= 0.6 is 0 Å². The van der Waals surface area contributed by atoms with Crippen molar-refractivity contribution < 1.29 is 29.0 Å². The predicted molar refractivity (Wildman–Crippen MR) is 152 cm³/mol. The molecule has 39 heavy (non-hydrogen) atoms. The van der Waals surface area contributed by atoms with Crippen LogP contribution in [0.2, 0.25) is 0 Å². The summed E-state index contributed by atoms with van der Waals surface area (Å²) in [5.41, 5.74) is 2.13. The number of methoxy groups -OCH3 is 1. The number of hydrogen-bond acceptors (Lipinski definition) is 6.